The van der Waals surface area contributed by atoms with Crippen LogP contribution in [0.3, 0.4) is 0 Å². The first-order valence-electron chi connectivity index (χ1n) is 8.77. The molecule has 0 atom stereocenters. The minimum absolute atomic E-state index is 0.0107. The largest absolute Gasteiger partial charge is 0.382 e. The maximum absolute atomic E-state index is 13.0. The highest BCUT2D eigenvalue weighted by Gasteiger charge is 2.27. The number of rotatable bonds is 6. The molecular formula is C20H22N6O2. The molecule has 0 aliphatic rings. The Morgan fingerprint density at radius 3 is 2.32 bits per heavy atom. The summed E-state index contributed by atoms with van der Waals surface area (Å²) >= 11 is 0. The molecule has 3 rings (SSSR count). The van der Waals surface area contributed by atoms with Crippen molar-refractivity contribution in [2.45, 2.75) is 6.92 Å². The highest BCUT2D eigenvalue weighted by Crippen LogP contribution is 2.29. The summed E-state index contributed by atoms with van der Waals surface area (Å²) in [6.45, 7) is 2.23. The van der Waals surface area contributed by atoms with Crippen molar-refractivity contribution in [2.24, 2.45) is 11.5 Å². The van der Waals surface area contributed by atoms with Crippen LogP contribution in [0.1, 0.15) is 26.3 Å². The lowest BCUT2D eigenvalue weighted by molar-refractivity contribution is 0.0952. The third kappa shape index (κ3) is 3.45. The summed E-state index contributed by atoms with van der Waals surface area (Å²) in [5.74, 6) is -1.07. The summed E-state index contributed by atoms with van der Waals surface area (Å²) in [5.41, 5.74) is 19.9. The summed E-state index contributed by atoms with van der Waals surface area (Å²) in [7, 11) is 0. The molecular weight excluding hydrogens is 356 g/mol. The molecule has 1 aromatic heterocycles. The second-order valence-corrected chi connectivity index (χ2v) is 6.26. The second-order valence-electron chi connectivity index (χ2n) is 6.26. The summed E-state index contributed by atoms with van der Waals surface area (Å²) in [6.07, 6.45) is 0. The molecule has 0 spiro atoms. The van der Waals surface area contributed by atoms with Crippen molar-refractivity contribution in [3.05, 3.63) is 71.3 Å². The lowest BCUT2D eigenvalue weighted by atomic mass is 10.0. The number of carbonyl (C=O) groups is 2. The van der Waals surface area contributed by atoms with Gasteiger partial charge in [0.15, 0.2) is 5.82 Å². The predicted octanol–water partition coefficient (Wildman–Crippen LogP) is 1.28. The van der Waals surface area contributed by atoms with E-state index in [9.17, 15) is 9.59 Å². The molecule has 3 aromatic rings. The average molecular weight is 378 g/mol. The Hall–Kier alpha value is -3.65. The van der Waals surface area contributed by atoms with Crippen LogP contribution in [0.25, 0.3) is 11.3 Å². The van der Waals surface area contributed by atoms with Crippen LogP contribution in [0.15, 0.2) is 54.6 Å². The number of nitrogens with two attached hydrogens (primary N) is 3. The number of anilines is 1. The van der Waals surface area contributed by atoms with Crippen LogP contribution in [-0.4, -0.2) is 34.8 Å². The molecule has 0 saturated heterocycles. The number of nitrogens with zero attached hydrogens (tertiary/aromatic N) is 3. The number of primary amides is 1. The smallest absolute Gasteiger partial charge is 0.274 e. The van der Waals surface area contributed by atoms with Gasteiger partial charge in [-0.2, -0.15) is 4.79 Å². The van der Waals surface area contributed by atoms with Crippen LogP contribution < -0.4 is 22.2 Å². The second kappa shape index (κ2) is 7.93. The fraction of sp³-hybridized carbons (Fsp3) is 0.150. The monoisotopic (exact) mass is 378 g/mol. The minimum atomic E-state index is -0.720. The molecule has 8 nitrogen and oxygen atoms in total. The van der Waals surface area contributed by atoms with E-state index >= 15 is 0 Å². The molecule has 0 unspecified atom stereocenters. The Morgan fingerprint density at radius 2 is 1.71 bits per heavy atom. The van der Waals surface area contributed by atoms with Gasteiger partial charge in [-0.1, -0.05) is 42.5 Å². The van der Waals surface area contributed by atoms with Crippen molar-refractivity contribution < 1.29 is 9.59 Å². The van der Waals surface area contributed by atoms with Crippen molar-refractivity contribution in [1.82, 2.24) is 9.89 Å². The van der Waals surface area contributed by atoms with E-state index in [2.05, 4.69) is 5.10 Å². The SMILES string of the molecule is Cc1ccccc1-c1nn(N(CCN)C(=O)c2ccccc2)c(N)c1C(N)=O. The first kappa shape index (κ1) is 19.1. The van der Waals surface area contributed by atoms with Gasteiger partial charge in [0.25, 0.3) is 11.8 Å². The standard InChI is InChI=1S/C20H22N6O2/c1-13-7-5-6-10-15(13)17-16(19(23)27)18(22)26(24-17)25(12-11-21)20(28)14-8-3-2-4-9-14/h2-10H,11-12,21-22H2,1H3,(H2,23,27). The Bertz CT molecular complexity index is 1010. The maximum Gasteiger partial charge on any atom is 0.274 e. The minimum Gasteiger partial charge on any atom is -0.382 e. The van der Waals surface area contributed by atoms with E-state index < -0.39 is 5.91 Å². The molecule has 144 valence electrons. The number of nitrogen functional groups attached to an aromatic ring is 1. The van der Waals surface area contributed by atoms with Gasteiger partial charge in [0, 0.05) is 17.7 Å². The molecule has 1 heterocycles. The Labute approximate surface area is 162 Å². The van der Waals surface area contributed by atoms with Crippen LogP contribution in [0.2, 0.25) is 0 Å². The topological polar surface area (TPSA) is 133 Å². The van der Waals surface area contributed by atoms with Crippen molar-refractivity contribution in [1.29, 1.82) is 0 Å². The van der Waals surface area contributed by atoms with E-state index in [-0.39, 0.29) is 30.4 Å². The summed E-state index contributed by atoms with van der Waals surface area (Å²) < 4.78 is 0. The highest BCUT2D eigenvalue weighted by molar-refractivity contribution is 6.05. The molecule has 8 heteroatoms. The predicted molar refractivity (Wildman–Crippen MR) is 108 cm³/mol. The number of aromatic nitrogens is 2. The average Bonchev–Trinajstić information content (AvgIpc) is 3.03. The van der Waals surface area contributed by atoms with Crippen LogP contribution in [-0.2, 0) is 0 Å². The zero-order chi connectivity index (χ0) is 20.3. The van der Waals surface area contributed by atoms with Crippen LogP contribution in [0.5, 0.6) is 0 Å². The quantitative estimate of drug-likeness (QED) is 0.594. The fourth-order valence-corrected chi connectivity index (χ4v) is 3.01. The van der Waals surface area contributed by atoms with E-state index in [0.29, 0.717) is 16.8 Å². The van der Waals surface area contributed by atoms with E-state index in [4.69, 9.17) is 17.2 Å². The van der Waals surface area contributed by atoms with Gasteiger partial charge < -0.3 is 17.2 Å². The van der Waals surface area contributed by atoms with Gasteiger partial charge in [-0.25, -0.2) is 5.01 Å². The number of hydrogen-bond donors (Lipinski definition) is 3. The third-order valence-electron chi connectivity index (χ3n) is 4.37. The fourth-order valence-electron chi connectivity index (χ4n) is 3.01. The Morgan fingerprint density at radius 1 is 1.07 bits per heavy atom. The molecule has 0 aliphatic carbocycles. The van der Waals surface area contributed by atoms with E-state index in [1.807, 2.05) is 37.3 Å². The van der Waals surface area contributed by atoms with Crippen molar-refractivity contribution in [3.63, 3.8) is 0 Å². The van der Waals surface area contributed by atoms with Crippen molar-refractivity contribution >= 4 is 17.6 Å². The summed E-state index contributed by atoms with van der Waals surface area (Å²) in [4.78, 5) is 26.4. The molecule has 0 bridgehead atoms. The van der Waals surface area contributed by atoms with Gasteiger partial charge >= 0.3 is 0 Å². The number of aryl methyl sites for hydroxylation is 1. The van der Waals surface area contributed by atoms with Crippen molar-refractivity contribution in [3.8, 4) is 11.3 Å². The Balaban J connectivity index is 2.17. The third-order valence-corrected chi connectivity index (χ3v) is 4.37. The van der Waals surface area contributed by atoms with Crippen LogP contribution in [0.4, 0.5) is 5.82 Å². The molecule has 28 heavy (non-hydrogen) atoms. The Kier molecular flexibility index (Phi) is 5.42. The van der Waals surface area contributed by atoms with E-state index in [1.54, 1.807) is 24.3 Å². The van der Waals surface area contributed by atoms with Gasteiger partial charge in [-0.05, 0) is 24.6 Å². The number of amides is 2. The maximum atomic E-state index is 13.0. The molecule has 0 fully saturated rings. The lowest BCUT2D eigenvalue weighted by Crippen LogP contribution is -2.45. The first-order chi connectivity index (χ1) is 13.5. The zero-order valence-electron chi connectivity index (χ0n) is 15.5. The van der Waals surface area contributed by atoms with Crippen LogP contribution in [0, 0.1) is 6.92 Å². The van der Waals surface area contributed by atoms with E-state index in [1.165, 1.54) is 9.80 Å². The number of benzene rings is 2. The molecule has 2 aromatic carbocycles. The number of hydrogen-bond acceptors (Lipinski definition) is 5. The zero-order valence-corrected chi connectivity index (χ0v) is 15.5. The molecule has 0 saturated carbocycles. The normalized spacial score (nSPS) is 10.6. The van der Waals surface area contributed by atoms with Gasteiger partial charge in [-0.15, -0.1) is 5.10 Å². The molecule has 0 aliphatic heterocycles. The van der Waals surface area contributed by atoms with Crippen molar-refractivity contribution in [2.75, 3.05) is 23.8 Å². The van der Waals surface area contributed by atoms with Gasteiger partial charge in [0.05, 0.1) is 6.54 Å². The lowest BCUT2D eigenvalue weighted by Gasteiger charge is -2.23. The van der Waals surface area contributed by atoms with E-state index in [0.717, 1.165) is 5.56 Å². The summed E-state index contributed by atoms with van der Waals surface area (Å²) in [5, 5.41) is 5.77. The molecule has 0 radical (unpaired) electrons. The van der Waals surface area contributed by atoms with Gasteiger partial charge in [0.2, 0.25) is 0 Å². The first-order valence-corrected chi connectivity index (χ1v) is 8.77. The molecule has 2 amide bonds. The molecule has 6 N–H and O–H groups in total. The van der Waals surface area contributed by atoms with Gasteiger partial charge in [0.1, 0.15) is 11.3 Å². The summed E-state index contributed by atoms with van der Waals surface area (Å²) in [6, 6.07) is 16.1. The van der Waals surface area contributed by atoms with Gasteiger partial charge in [-0.3, -0.25) is 9.59 Å². The van der Waals surface area contributed by atoms with Crippen LogP contribution >= 0.6 is 0 Å². The highest BCUT2D eigenvalue weighted by atomic mass is 16.2. The number of carbonyl (C=O) groups excluding carboxylic acids is 2.